The maximum absolute atomic E-state index is 12.5. The fraction of sp³-hybridized carbons (Fsp3) is 0.500. The number of likely N-dealkylation sites (N-methyl/N-ethyl adjacent to an activating group) is 1. The zero-order valence-corrected chi connectivity index (χ0v) is 14.3. The van der Waals surface area contributed by atoms with Crippen molar-refractivity contribution >= 4 is 11.8 Å². The molecule has 0 radical (unpaired) electrons. The number of imidazole rings is 1. The normalized spacial score (nSPS) is 20.9. The van der Waals surface area contributed by atoms with E-state index >= 15 is 0 Å². The molecular weight excluding hydrogens is 308 g/mol. The molecule has 8 nitrogen and oxygen atoms in total. The second-order valence-corrected chi connectivity index (χ2v) is 6.41. The summed E-state index contributed by atoms with van der Waals surface area (Å²) in [5.74, 6) is -0.270. The number of amides is 2. The van der Waals surface area contributed by atoms with E-state index in [0.717, 1.165) is 5.69 Å². The van der Waals surface area contributed by atoms with Gasteiger partial charge in [0.2, 0.25) is 5.91 Å². The molecule has 0 spiro atoms. The van der Waals surface area contributed by atoms with Crippen molar-refractivity contribution in [3.05, 3.63) is 36.2 Å². The van der Waals surface area contributed by atoms with Crippen molar-refractivity contribution in [1.29, 1.82) is 0 Å². The average Bonchev–Trinajstić information content (AvgIpc) is 3.21. The second kappa shape index (κ2) is 6.10. The largest absolute Gasteiger partial charge is 0.345 e. The standard InChI is InChI=1S/C16H22N6O2/c1-10(2)22-8-12(17-9-22)16(24)19-11-7-14(23)20(3)15(11)13-5-6-18-21(13)4/h5-6,8-11,15H,7H2,1-4H3,(H,19,24)/t11-,15-/m1/s1. The van der Waals surface area contributed by atoms with Crippen LogP contribution in [0.25, 0.3) is 0 Å². The van der Waals surface area contributed by atoms with E-state index in [1.165, 1.54) is 0 Å². The summed E-state index contributed by atoms with van der Waals surface area (Å²) in [5.41, 5.74) is 1.25. The summed E-state index contributed by atoms with van der Waals surface area (Å²) in [6, 6.07) is 1.56. The van der Waals surface area contributed by atoms with Crippen LogP contribution in [0.4, 0.5) is 0 Å². The quantitative estimate of drug-likeness (QED) is 0.902. The summed E-state index contributed by atoms with van der Waals surface area (Å²) < 4.78 is 3.60. The molecule has 8 heteroatoms. The zero-order chi connectivity index (χ0) is 17.4. The van der Waals surface area contributed by atoms with Gasteiger partial charge in [0.25, 0.3) is 5.91 Å². The molecule has 1 fully saturated rings. The summed E-state index contributed by atoms with van der Waals surface area (Å²) in [6.07, 6.45) is 5.32. The first kappa shape index (κ1) is 16.2. The monoisotopic (exact) mass is 330 g/mol. The third kappa shape index (κ3) is 2.79. The van der Waals surface area contributed by atoms with Gasteiger partial charge in [0.15, 0.2) is 0 Å². The summed E-state index contributed by atoms with van der Waals surface area (Å²) in [4.78, 5) is 30.5. The Balaban J connectivity index is 1.80. The Morgan fingerprint density at radius 1 is 1.38 bits per heavy atom. The van der Waals surface area contributed by atoms with E-state index in [9.17, 15) is 9.59 Å². The van der Waals surface area contributed by atoms with E-state index in [1.807, 2.05) is 31.5 Å². The molecule has 2 aromatic heterocycles. The molecule has 1 aliphatic heterocycles. The topological polar surface area (TPSA) is 85.1 Å². The van der Waals surface area contributed by atoms with E-state index in [-0.39, 0.29) is 36.4 Å². The SMILES string of the molecule is CC(C)n1cnc(C(=O)N[C@@H]2CC(=O)N(C)[C@H]2c2ccnn2C)c1. The van der Waals surface area contributed by atoms with Crippen LogP contribution >= 0.6 is 0 Å². The van der Waals surface area contributed by atoms with Crippen LogP contribution in [-0.2, 0) is 11.8 Å². The molecule has 0 unspecified atom stereocenters. The van der Waals surface area contributed by atoms with Crippen LogP contribution in [-0.4, -0.2) is 49.1 Å². The lowest BCUT2D eigenvalue weighted by Gasteiger charge is -2.25. The number of likely N-dealkylation sites (tertiary alicyclic amines) is 1. The van der Waals surface area contributed by atoms with Crippen LogP contribution in [0.2, 0.25) is 0 Å². The Bertz CT molecular complexity index is 762. The highest BCUT2D eigenvalue weighted by Crippen LogP contribution is 2.31. The van der Waals surface area contributed by atoms with Gasteiger partial charge in [-0.3, -0.25) is 14.3 Å². The van der Waals surface area contributed by atoms with Crippen LogP contribution in [0.15, 0.2) is 24.8 Å². The van der Waals surface area contributed by atoms with Crippen molar-refractivity contribution in [1.82, 2.24) is 29.5 Å². The maximum Gasteiger partial charge on any atom is 0.271 e. The highest BCUT2D eigenvalue weighted by atomic mass is 16.2. The van der Waals surface area contributed by atoms with Gasteiger partial charge in [0, 0.05) is 39.0 Å². The first-order valence-electron chi connectivity index (χ1n) is 7.96. The van der Waals surface area contributed by atoms with Gasteiger partial charge in [-0.25, -0.2) is 4.98 Å². The van der Waals surface area contributed by atoms with E-state index < -0.39 is 0 Å². The average molecular weight is 330 g/mol. The van der Waals surface area contributed by atoms with Crippen molar-refractivity contribution in [2.45, 2.75) is 38.4 Å². The number of carbonyl (C=O) groups is 2. The van der Waals surface area contributed by atoms with Gasteiger partial charge < -0.3 is 14.8 Å². The number of nitrogens with zero attached hydrogens (tertiary/aromatic N) is 5. The molecule has 3 rings (SSSR count). The van der Waals surface area contributed by atoms with Gasteiger partial charge in [-0.2, -0.15) is 5.10 Å². The van der Waals surface area contributed by atoms with Crippen LogP contribution in [0, 0.1) is 0 Å². The molecule has 0 saturated carbocycles. The predicted octanol–water partition coefficient (Wildman–Crippen LogP) is 0.899. The van der Waals surface area contributed by atoms with Gasteiger partial charge in [-0.15, -0.1) is 0 Å². The Kier molecular flexibility index (Phi) is 4.13. The minimum Gasteiger partial charge on any atom is -0.345 e. The molecule has 1 N–H and O–H groups in total. The summed E-state index contributed by atoms with van der Waals surface area (Å²) in [5, 5.41) is 7.12. The Labute approximate surface area is 140 Å². The van der Waals surface area contributed by atoms with Gasteiger partial charge in [0.05, 0.1) is 24.1 Å². The number of aromatic nitrogens is 4. The van der Waals surface area contributed by atoms with Crippen molar-refractivity contribution in [2.24, 2.45) is 7.05 Å². The van der Waals surface area contributed by atoms with E-state index in [4.69, 9.17) is 0 Å². The molecule has 0 bridgehead atoms. The predicted molar refractivity (Wildman–Crippen MR) is 87.2 cm³/mol. The summed E-state index contributed by atoms with van der Waals surface area (Å²) >= 11 is 0. The second-order valence-electron chi connectivity index (χ2n) is 6.41. The minimum absolute atomic E-state index is 0.000732. The Morgan fingerprint density at radius 2 is 2.12 bits per heavy atom. The number of hydrogen-bond donors (Lipinski definition) is 1. The molecule has 2 atom stereocenters. The van der Waals surface area contributed by atoms with E-state index in [2.05, 4.69) is 15.4 Å². The molecule has 3 heterocycles. The van der Waals surface area contributed by atoms with E-state index in [1.54, 1.807) is 35.4 Å². The molecule has 2 aromatic rings. The first-order chi connectivity index (χ1) is 11.4. The summed E-state index contributed by atoms with van der Waals surface area (Å²) in [6.45, 7) is 4.04. The fourth-order valence-corrected chi connectivity index (χ4v) is 3.06. The van der Waals surface area contributed by atoms with Crippen LogP contribution < -0.4 is 5.32 Å². The lowest BCUT2D eigenvalue weighted by molar-refractivity contribution is -0.127. The van der Waals surface area contributed by atoms with Gasteiger partial charge in [0.1, 0.15) is 5.69 Å². The zero-order valence-electron chi connectivity index (χ0n) is 14.3. The Morgan fingerprint density at radius 3 is 2.71 bits per heavy atom. The minimum atomic E-state index is -0.311. The molecule has 1 saturated heterocycles. The fourth-order valence-electron chi connectivity index (χ4n) is 3.06. The molecule has 0 aliphatic carbocycles. The summed E-state index contributed by atoms with van der Waals surface area (Å²) in [7, 11) is 3.58. The number of carbonyl (C=O) groups excluding carboxylic acids is 2. The van der Waals surface area contributed by atoms with Gasteiger partial charge in [-0.05, 0) is 19.9 Å². The van der Waals surface area contributed by atoms with Gasteiger partial charge in [-0.1, -0.05) is 0 Å². The third-order valence-corrected chi connectivity index (χ3v) is 4.50. The smallest absolute Gasteiger partial charge is 0.271 e. The number of aryl methyl sites for hydroxylation is 1. The van der Waals surface area contributed by atoms with Crippen LogP contribution in [0.1, 0.15) is 48.5 Å². The van der Waals surface area contributed by atoms with Crippen LogP contribution in [0.5, 0.6) is 0 Å². The van der Waals surface area contributed by atoms with Crippen molar-refractivity contribution < 1.29 is 9.59 Å². The third-order valence-electron chi connectivity index (χ3n) is 4.50. The molecule has 128 valence electrons. The van der Waals surface area contributed by atoms with Crippen LogP contribution in [0.3, 0.4) is 0 Å². The molecule has 0 aromatic carbocycles. The molecular formula is C16H22N6O2. The lowest BCUT2D eigenvalue weighted by Crippen LogP contribution is -2.39. The number of nitrogens with one attached hydrogen (secondary N) is 1. The molecule has 1 aliphatic rings. The highest BCUT2D eigenvalue weighted by Gasteiger charge is 2.41. The lowest BCUT2D eigenvalue weighted by atomic mass is 10.1. The first-order valence-corrected chi connectivity index (χ1v) is 7.96. The number of hydrogen-bond acceptors (Lipinski definition) is 4. The van der Waals surface area contributed by atoms with E-state index in [0.29, 0.717) is 5.69 Å². The molecule has 24 heavy (non-hydrogen) atoms. The van der Waals surface area contributed by atoms with Crippen molar-refractivity contribution in [3.8, 4) is 0 Å². The van der Waals surface area contributed by atoms with Crippen molar-refractivity contribution in [2.75, 3.05) is 7.05 Å². The van der Waals surface area contributed by atoms with Gasteiger partial charge >= 0.3 is 0 Å². The van der Waals surface area contributed by atoms with Crippen molar-refractivity contribution in [3.63, 3.8) is 0 Å². The number of rotatable bonds is 4. The Hall–Kier alpha value is -2.64. The molecule has 2 amide bonds. The maximum atomic E-state index is 12.5. The highest BCUT2D eigenvalue weighted by molar-refractivity contribution is 5.93.